The minimum absolute atomic E-state index is 0.143. The van der Waals surface area contributed by atoms with E-state index in [-0.39, 0.29) is 5.82 Å². The maximum absolute atomic E-state index is 13.5. The molecule has 1 aromatic heterocycles. The van der Waals surface area contributed by atoms with Crippen molar-refractivity contribution in [2.45, 2.75) is 26.7 Å². The highest BCUT2D eigenvalue weighted by Gasteiger charge is 2.10. The summed E-state index contributed by atoms with van der Waals surface area (Å²) in [6.45, 7) is 6.02. The quantitative estimate of drug-likeness (QED) is 0.686. The Morgan fingerprint density at radius 1 is 1.20 bits per heavy atom. The summed E-state index contributed by atoms with van der Waals surface area (Å²) in [5, 5.41) is 2.03. The Hall–Kier alpha value is -1.44. The number of fused-ring (bicyclic) bond motifs is 1. The maximum atomic E-state index is 13.5. The fourth-order valence-electron chi connectivity index (χ4n) is 1.90. The van der Waals surface area contributed by atoms with Crippen LogP contribution in [0.2, 0.25) is 0 Å². The third-order valence-corrected chi connectivity index (χ3v) is 2.77. The number of pyridine rings is 1. The van der Waals surface area contributed by atoms with Crippen molar-refractivity contribution < 1.29 is 4.39 Å². The topological polar surface area (TPSA) is 12.9 Å². The van der Waals surface area contributed by atoms with Crippen LogP contribution in [0.25, 0.3) is 10.8 Å². The molecule has 0 saturated heterocycles. The van der Waals surface area contributed by atoms with E-state index in [0.29, 0.717) is 5.92 Å². The van der Waals surface area contributed by atoms with Crippen LogP contribution in [0.4, 0.5) is 4.39 Å². The Kier molecular flexibility index (Phi) is 2.43. The van der Waals surface area contributed by atoms with Crippen LogP contribution >= 0.6 is 0 Å². The Balaban J connectivity index is 2.88. The molecule has 0 aliphatic rings. The van der Waals surface area contributed by atoms with Crippen LogP contribution in [-0.4, -0.2) is 4.98 Å². The summed E-state index contributed by atoms with van der Waals surface area (Å²) >= 11 is 0. The Labute approximate surface area is 89.0 Å². The first-order chi connectivity index (χ1) is 7.11. The second kappa shape index (κ2) is 3.61. The molecule has 0 atom stereocenters. The van der Waals surface area contributed by atoms with Crippen molar-refractivity contribution in [1.29, 1.82) is 0 Å². The summed E-state index contributed by atoms with van der Waals surface area (Å²) in [7, 11) is 0. The Morgan fingerprint density at radius 2 is 1.93 bits per heavy atom. The molecule has 1 aromatic carbocycles. The predicted molar refractivity (Wildman–Crippen MR) is 60.5 cm³/mol. The zero-order valence-corrected chi connectivity index (χ0v) is 9.21. The van der Waals surface area contributed by atoms with Gasteiger partial charge in [0, 0.05) is 17.8 Å². The van der Waals surface area contributed by atoms with Crippen molar-refractivity contribution in [3.05, 3.63) is 41.5 Å². The SMILES string of the molecule is Cc1c(F)ccc2cncc(C(C)C)c12. The molecule has 0 aliphatic heterocycles. The van der Waals surface area contributed by atoms with Gasteiger partial charge >= 0.3 is 0 Å². The van der Waals surface area contributed by atoms with Crippen LogP contribution in [0, 0.1) is 12.7 Å². The number of hydrogen-bond acceptors (Lipinski definition) is 1. The third-order valence-electron chi connectivity index (χ3n) is 2.77. The number of benzene rings is 1. The van der Waals surface area contributed by atoms with Crippen molar-refractivity contribution in [1.82, 2.24) is 4.98 Å². The molecule has 0 unspecified atom stereocenters. The van der Waals surface area contributed by atoms with Gasteiger partial charge in [0.15, 0.2) is 0 Å². The van der Waals surface area contributed by atoms with Crippen LogP contribution in [0.5, 0.6) is 0 Å². The molecule has 0 aliphatic carbocycles. The predicted octanol–water partition coefficient (Wildman–Crippen LogP) is 3.81. The fourth-order valence-corrected chi connectivity index (χ4v) is 1.90. The van der Waals surface area contributed by atoms with Gasteiger partial charge in [0.2, 0.25) is 0 Å². The molecular formula is C13H14FN. The minimum Gasteiger partial charge on any atom is -0.264 e. The van der Waals surface area contributed by atoms with Gasteiger partial charge in [0.25, 0.3) is 0 Å². The lowest BCUT2D eigenvalue weighted by atomic mass is 9.95. The maximum Gasteiger partial charge on any atom is 0.126 e. The van der Waals surface area contributed by atoms with Crippen LogP contribution in [0.3, 0.4) is 0 Å². The first kappa shape index (κ1) is 10.1. The summed E-state index contributed by atoms with van der Waals surface area (Å²) in [4.78, 5) is 4.18. The summed E-state index contributed by atoms with van der Waals surface area (Å²) in [5.41, 5.74) is 1.84. The molecule has 0 amide bonds. The van der Waals surface area contributed by atoms with Crippen molar-refractivity contribution in [2.75, 3.05) is 0 Å². The van der Waals surface area contributed by atoms with Crippen LogP contribution in [0.1, 0.15) is 30.9 Å². The average Bonchev–Trinajstić information content (AvgIpc) is 2.23. The molecular weight excluding hydrogens is 189 g/mol. The van der Waals surface area contributed by atoms with Gasteiger partial charge in [0.1, 0.15) is 5.82 Å². The molecule has 2 aromatic rings. The minimum atomic E-state index is -0.143. The largest absolute Gasteiger partial charge is 0.264 e. The van der Waals surface area contributed by atoms with Crippen molar-refractivity contribution >= 4 is 10.8 Å². The molecule has 78 valence electrons. The van der Waals surface area contributed by atoms with E-state index >= 15 is 0 Å². The number of aryl methyl sites for hydroxylation is 1. The standard InChI is InChI=1S/C13H14FN/c1-8(2)11-7-15-6-10-4-5-12(14)9(3)13(10)11/h4-8H,1-3H3. The van der Waals surface area contributed by atoms with Gasteiger partial charge in [-0.2, -0.15) is 0 Å². The van der Waals surface area contributed by atoms with E-state index in [1.165, 1.54) is 6.07 Å². The lowest BCUT2D eigenvalue weighted by Gasteiger charge is -2.11. The Bertz CT molecular complexity index is 503. The molecule has 0 radical (unpaired) electrons. The lowest BCUT2D eigenvalue weighted by molar-refractivity contribution is 0.620. The zero-order chi connectivity index (χ0) is 11.0. The molecule has 1 heterocycles. The number of aromatic nitrogens is 1. The van der Waals surface area contributed by atoms with E-state index in [9.17, 15) is 4.39 Å². The second-order valence-electron chi connectivity index (χ2n) is 4.15. The summed E-state index contributed by atoms with van der Waals surface area (Å²) < 4.78 is 13.5. The second-order valence-corrected chi connectivity index (χ2v) is 4.15. The number of halogens is 1. The molecule has 2 heteroatoms. The van der Waals surface area contributed by atoms with E-state index in [1.54, 1.807) is 12.3 Å². The monoisotopic (exact) mass is 203 g/mol. The lowest BCUT2D eigenvalue weighted by Crippen LogP contribution is -1.95. The summed E-state index contributed by atoms with van der Waals surface area (Å²) in [5.74, 6) is 0.220. The van der Waals surface area contributed by atoms with Crippen molar-refractivity contribution in [3.8, 4) is 0 Å². The summed E-state index contributed by atoms with van der Waals surface area (Å²) in [6, 6.07) is 3.29. The number of hydrogen-bond donors (Lipinski definition) is 0. The van der Waals surface area contributed by atoms with Gasteiger partial charge in [-0.15, -0.1) is 0 Å². The highest BCUT2D eigenvalue weighted by molar-refractivity contribution is 5.88. The third kappa shape index (κ3) is 1.60. The Morgan fingerprint density at radius 3 is 2.60 bits per heavy atom. The van der Waals surface area contributed by atoms with Gasteiger partial charge in [-0.3, -0.25) is 4.98 Å². The van der Waals surface area contributed by atoms with E-state index in [1.807, 2.05) is 13.1 Å². The molecule has 0 spiro atoms. The zero-order valence-electron chi connectivity index (χ0n) is 9.21. The van der Waals surface area contributed by atoms with E-state index < -0.39 is 0 Å². The van der Waals surface area contributed by atoms with Crippen LogP contribution in [0.15, 0.2) is 24.5 Å². The molecule has 0 saturated carbocycles. The van der Waals surface area contributed by atoms with Gasteiger partial charge in [-0.1, -0.05) is 13.8 Å². The number of nitrogens with zero attached hydrogens (tertiary/aromatic N) is 1. The van der Waals surface area contributed by atoms with Crippen LogP contribution in [-0.2, 0) is 0 Å². The molecule has 1 nitrogen and oxygen atoms in total. The first-order valence-corrected chi connectivity index (χ1v) is 5.14. The molecule has 15 heavy (non-hydrogen) atoms. The first-order valence-electron chi connectivity index (χ1n) is 5.14. The van der Waals surface area contributed by atoms with E-state index in [0.717, 1.165) is 21.9 Å². The number of rotatable bonds is 1. The highest BCUT2D eigenvalue weighted by atomic mass is 19.1. The highest BCUT2D eigenvalue weighted by Crippen LogP contribution is 2.28. The molecule has 0 fully saturated rings. The van der Waals surface area contributed by atoms with Gasteiger partial charge in [-0.05, 0) is 41.5 Å². The smallest absolute Gasteiger partial charge is 0.126 e. The van der Waals surface area contributed by atoms with Crippen molar-refractivity contribution in [3.63, 3.8) is 0 Å². The molecule has 2 rings (SSSR count). The molecule has 0 bridgehead atoms. The van der Waals surface area contributed by atoms with Crippen molar-refractivity contribution in [2.24, 2.45) is 0 Å². The van der Waals surface area contributed by atoms with Gasteiger partial charge in [-0.25, -0.2) is 4.39 Å². The summed E-state index contributed by atoms with van der Waals surface area (Å²) in [6.07, 6.45) is 3.62. The molecule has 0 N–H and O–H groups in total. The van der Waals surface area contributed by atoms with Gasteiger partial charge in [0.05, 0.1) is 0 Å². The fraction of sp³-hybridized carbons (Fsp3) is 0.308. The van der Waals surface area contributed by atoms with E-state index in [4.69, 9.17) is 0 Å². The van der Waals surface area contributed by atoms with Gasteiger partial charge < -0.3 is 0 Å². The average molecular weight is 203 g/mol. The normalized spacial score (nSPS) is 11.3. The van der Waals surface area contributed by atoms with Crippen LogP contribution < -0.4 is 0 Å². The van der Waals surface area contributed by atoms with E-state index in [2.05, 4.69) is 18.8 Å².